The molecule has 6 nitrogen and oxygen atoms in total. The van der Waals surface area contributed by atoms with E-state index in [9.17, 15) is 10.1 Å². The van der Waals surface area contributed by atoms with Crippen molar-refractivity contribution in [3.05, 3.63) is 22.2 Å². The fraction of sp³-hybridized carbons (Fsp3) is 0.444. The summed E-state index contributed by atoms with van der Waals surface area (Å²) in [5.41, 5.74) is 0.0532. The molecule has 2 rings (SSSR count). The van der Waals surface area contributed by atoms with Gasteiger partial charge in [0.05, 0.1) is 17.1 Å². The maximum Gasteiger partial charge on any atom is 0.276 e. The first-order valence-electron chi connectivity index (χ1n) is 4.80. The Bertz CT molecular complexity index is 390. The fourth-order valence-electron chi connectivity index (χ4n) is 1.26. The Hall–Kier alpha value is -1.85. The van der Waals surface area contributed by atoms with Gasteiger partial charge in [0.25, 0.3) is 5.69 Å². The molecule has 1 aliphatic carbocycles. The lowest BCUT2D eigenvalue weighted by molar-refractivity contribution is -0.384. The van der Waals surface area contributed by atoms with Crippen molar-refractivity contribution in [1.82, 2.24) is 4.98 Å². The maximum atomic E-state index is 10.6. The summed E-state index contributed by atoms with van der Waals surface area (Å²) >= 11 is 0. The highest BCUT2D eigenvalue weighted by atomic mass is 16.6. The number of nitro groups is 1. The van der Waals surface area contributed by atoms with Gasteiger partial charge < -0.3 is 10.6 Å². The minimum absolute atomic E-state index is 0.0532. The van der Waals surface area contributed by atoms with Gasteiger partial charge in [-0.25, -0.2) is 4.98 Å². The maximum absolute atomic E-state index is 10.6. The van der Waals surface area contributed by atoms with E-state index in [0.29, 0.717) is 17.7 Å². The number of pyridine rings is 1. The molecule has 6 heteroatoms. The lowest BCUT2D eigenvalue weighted by atomic mass is 10.3. The minimum Gasteiger partial charge on any atom is -0.373 e. The molecule has 1 aromatic rings. The number of nitrogens with zero attached hydrogens (tertiary/aromatic N) is 2. The Balaban J connectivity index is 2.27. The monoisotopic (exact) mass is 208 g/mol. The van der Waals surface area contributed by atoms with Crippen LogP contribution in [0.25, 0.3) is 0 Å². The van der Waals surface area contributed by atoms with Gasteiger partial charge in [0.15, 0.2) is 0 Å². The lowest BCUT2D eigenvalue weighted by Crippen LogP contribution is -2.05. The lowest BCUT2D eigenvalue weighted by Gasteiger charge is -2.05. The molecule has 0 spiro atoms. The Kier molecular flexibility index (Phi) is 2.40. The molecule has 0 amide bonds. The number of hydrogen-bond acceptors (Lipinski definition) is 5. The molecule has 0 bridgehead atoms. The number of hydrogen-bond donors (Lipinski definition) is 2. The fourth-order valence-corrected chi connectivity index (χ4v) is 1.26. The summed E-state index contributed by atoms with van der Waals surface area (Å²) in [6, 6.07) is 3.31. The van der Waals surface area contributed by atoms with E-state index in [1.807, 2.05) is 0 Å². The van der Waals surface area contributed by atoms with Crippen molar-refractivity contribution in [1.29, 1.82) is 0 Å². The summed E-state index contributed by atoms with van der Waals surface area (Å²) in [4.78, 5) is 14.4. The normalized spacial score (nSPS) is 14.7. The van der Waals surface area contributed by atoms with E-state index in [4.69, 9.17) is 0 Å². The van der Waals surface area contributed by atoms with E-state index in [0.717, 1.165) is 12.8 Å². The quantitative estimate of drug-likeness (QED) is 0.580. The number of aromatic nitrogens is 1. The van der Waals surface area contributed by atoms with Gasteiger partial charge in [-0.2, -0.15) is 0 Å². The van der Waals surface area contributed by atoms with E-state index < -0.39 is 4.92 Å². The SMILES string of the molecule is CNc1cc([N+](=O)[O-])cc(NC2CC2)n1. The molecule has 1 aliphatic rings. The van der Waals surface area contributed by atoms with Crippen molar-refractivity contribution in [3.8, 4) is 0 Å². The molecule has 0 saturated heterocycles. The largest absolute Gasteiger partial charge is 0.373 e. The van der Waals surface area contributed by atoms with Crippen LogP contribution < -0.4 is 10.6 Å². The van der Waals surface area contributed by atoms with Gasteiger partial charge in [0, 0.05) is 13.1 Å². The van der Waals surface area contributed by atoms with Crippen LogP contribution in [0, 0.1) is 10.1 Å². The summed E-state index contributed by atoms with van der Waals surface area (Å²) in [5.74, 6) is 1.07. The molecule has 0 radical (unpaired) electrons. The first-order chi connectivity index (χ1) is 7.19. The third kappa shape index (κ3) is 2.34. The zero-order valence-electron chi connectivity index (χ0n) is 8.36. The van der Waals surface area contributed by atoms with Gasteiger partial charge in [-0.15, -0.1) is 0 Å². The Morgan fingerprint density at radius 1 is 1.47 bits per heavy atom. The third-order valence-electron chi connectivity index (χ3n) is 2.21. The van der Waals surface area contributed by atoms with Crippen molar-refractivity contribution in [3.63, 3.8) is 0 Å². The molecular formula is C9H12N4O2. The zero-order valence-corrected chi connectivity index (χ0v) is 8.36. The van der Waals surface area contributed by atoms with E-state index in [2.05, 4.69) is 15.6 Å². The summed E-state index contributed by atoms with van der Waals surface area (Å²) in [6.07, 6.45) is 2.22. The summed E-state index contributed by atoms with van der Waals surface area (Å²) in [6.45, 7) is 0. The van der Waals surface area contributed by atoms with Gasteiger partial charge in [0.2, 0.25) is 0 Å². The van der Waals surface area contributed by atoms with Gasteiger partial charge in [0.1, 0.15) is 11.6 Å². The highest BCUT2D eigenvalue weighted by Gasteiger charge is 2.22. The number of anilines is 2. The van der Waals surface area contributed by atoms with Crippen LogP contribution in [0.5, 0.6) is 0 Å². The Morgan fingerprint density at radius 2 is 2.13 bits per heavy atom. The predicted octanol–water partition coefficient (Wildman–Crippen LogP) is 1.61. The van der Waals surface area contributed by atoms with Crippen LogP contribution in [0.15, 0.2) is 12.1 Å². The molecule has 15 heavy (non-hydrogen) atoms. The molecule has 2 N–H and O–H groups in total. The summed E-state index contributed by atoms with van der Waals surface area (Å²) in [5, 5.41) is 16.6. The standard InChI is InChI=1S/C9H12N4O2/c1-10-8-4-7(13(14)15)5-9(12-8)11-6-2-3-6/h4-6H,2-3H2,1H3,(H2,10,11,12). The molecule has 0 aliphatic heterocycles. The van der Waals surface area contributed by atoms with Crippen LogP contribution >= 0.6 is 0 Å². The van der Waals surface area contributed by atoms with E-state index in [-0.39, 0.29) is 5.69 Å². The van der Waals surface area contributed by atoms with Gasteiger partial charge >= 0.3 is 0 Å². The molecule has 1 aromatic heterocycles. The van der Waals surface area contributed by atoms with Crippen LogP contribution in [0.3, 0.4) is 0 Å². The zero-order chi connectivity index (χ0) is 10.8. The van der Waals surface area contributed by atoms with Crippen molar-refractivity contribution in [2.45, 2.75) is 18.9 Å². The molecule has 0 aromatic carbocycles. The van der Waals surface area contributed by atoms with Gasteiger partial charge in [-0.1, -0.05) is 0 Å². The molecule has 1 fully saturated rings. The first-order valence-corrected chi connectivity index (χ1v) is 4.80. The number of nitrogens with one attached hydrogen (secondary N) is 2. The highest BCUT2D eigenvalue weighted by molar-refractivity contribution is 5.55. The summed E-state index contributed by atoms with van der Waals surface area (Å²) in [7, 11) is 1.69. The third-order valence-corrected chi connectivity index (χ3v) is 2.21. The van der Waals surface area contributed by atoms with Crippen LogP contribution in [-0.4, -0.2) is 23.0 Å². The second-order valence-corrected chi connectivity index (χ2v) is 3.52. The molecule has 0 unspecified atom stereocenters. The summed E-state index contributed by atoms with van der Waals surface area (Å²) < 4.78 is 0. The average molecular weight is 208 g/mol. The first kappa shape index (κ1) is 9.70. The molecule has 1 heterocycles. The molecule has 1 saturated carbocycles. The number of rotatable bonds is 4. The van der Waals surface area contributed by atoms with Crippen molar-refractivity contribution >= 4 is 17.3 Å². The van der Waals surface area contributed by atoms with Gasteiger partial charge in [-0.05, 0) is 12.8 Å². The van der Waals surface area contributed by atoms with Crippen LogP contribution in [-0.2, 0) is 0 Å². The smallest absolute Gasteiger partial charge is 0.276 e. The highest BCUT2D eigenvalue weighted by Crippen LogP contribution is 2.26. The Morgan fingerprint density at radius 3 is 2.67 bits per heavy atom. The van der Waals surface area contributed by atoms with Crippen molar-refractivity contribution < 1.29 is 4.92 Å². The second kappa shape index (κ2) is 3.72. The van der Waals surface area contributed by atoms with Crippen LogP contribution in [0.4, 0.5) is 17.3 Å². The van der Waals surface area contributed by atoms with Crippen LogP contribution in [0.1, 0.15) is 12.8 Å². The second-order valence-electron chi connectivity index (χ2n) is 3.52. The minimum atomic E-state index is -0.416. The van der Waals surface area contributed by atoms with Gasteiger partial charge in [-0.3, -0.25) is 10.1 Å². The van der Waals surface area contributed by atoms with E-state index in [1.165, 1.54) is 12.1 Å². The molecule has 80 valence electrons. The van der Waals surface area contributed by atoms with Crippen molar-refractivity contribution in [2.24, 2.45) is 0 Å². The van der Waals surface area contributed by atoms with Crippen molar-refractivity contribution in [2.75, 3.05) is 17.7 Å². The van der Waals surface area contributed by atoms with E-state index in [1.54, 1.807) is 7.05 Å². The molecular weight excluding hydrogens is 196 g/mol. The van der Waals surface area contributed by atoms with Crippen LogP contribution in [0.2, 0.25) is 0 Å². The van der Waals surface area contributed by atoms with E-state index >= 15 is 0 Å². The predicted molar refractivity (Wildman–Crippen MR) is 57.1 cm³/mol. The topological polar surface area (TPSA) is 80.1 Å². The average Bonchev–Trinajstić information content (AvgIpc) is 3.01. The Labute approximate surface area is 86.9 Å². The molecule has 0 atom stereocenters.